The summed E-state index contributed by atoms with van der Waals surface area (Å²) in [6.07, 6.45) is 3.50. The summed E-state index contributed by atoms with van der Waals surface area (Å²) in [6, 6.07) is 5.72. The van der Waals surface area contributed by atoms with E-state index in [0.29, 0.717) is 0 Å². The van der Waals surface area contributed by atoms with Gasteiger partial charge in [0.25, 0.3) is 0 Å². The van der Waals surface area contributed by atoms with Gasteiger partial charge in [0.2, 0.25) is 0 Å². The van der Waals surface area contributed by atoms with Crippen LogP contribution in [-0.4, -0.2) is 22.5 Å². The molecule has 0 amide bonds. The summed E-state index contributed by atoms with van der Waals surface area (Å²) in [5.41, 5.74) is 0. The van der Waals surface area contributed by atoms with Crippen molar-refractivity contribution >= 4 is 10.4 Å². The molecule has 0 aromatic carbocycles. The number of rotatable bonds is 0. The minimum absolute atomic E-state index is 0. The topological polar surface area (TPSA) is 122 Å². The van der Waals surface area contributed by atoms with E-state index in [0.717, 1.165) is 0 Å². The molecular weight excluding hydrogens is 238 g/mol. The van der Waals surface area contributed by atoms with Crippen LogP contribution >= 0.6 is 0 Å². The van der Waals surface area contributed by atoms with E-state index in [2.05, 4.69) is 4.98 Å². The van der Waals surface area contributed by atoms with Crippen molar-refractivity contribution in [2.45, 2.75) is 0 Å². The Bertz CT molecular complexity index is 242. The van der Waals surface area contributed by atoms with Gasteiger partial charge in [0.1, 0.15) is 0 Å². The maximum absolute atomic E-state index is 8.52. The largest absolute Gasteiger partial charge is 4.00 e. The predicted octanol–water partition coefficient (Wildman–Crippen LogP) is -0.378. The molecule has 6 nitrogen and oxygen atoms in total. The van der Waals surface area contributed by atoms with Gasteiger partial charge in [-0.15, -0.1) is 0 Å². The van der Waals surface area contributed by atoms with Crippen molar-refractivity contribution < 1.29 is 40.4 Å². The van der Waals surface area contributed by atoms with Gasteiger partial charge in [-0.25, -0.2) is 0 Å². The van der Waals surface area contributed by atoms with Crippen LogP contribution in [0.3, 0.4) is 0 Å². The summed E-state index contributed by atoms with van der Waals surface area (Å²) in [7, 11) is -5.17. The smallest absolute Gasteiger partial charge is 2.00 e. The third kappa shape index (κ3) is 34.3. The van der Waals surface area contributed by atoms with E-state index in [1.165, 1.54) is 0 Å². The Hall–Kier alpha value is -0.488. The van der Waals surface area contributed by atoms with Gasteiger partial charge in [0, 0.05) is 22.8 Å². The predicted molar refractivity (Wildman–Crippen MR) is 35.4 cm³/mol. The summed E-state index contributed by atoms with van der Waals surface area (Å²) in [4.78, 5) is 3.78. The number of nitrogens with zero attached hydrogens (tertiary/aromatic N) is 1. The molecule has 72 valence electrons. The zero-order valence-corrected chi connectivity index (χ0v) is 8.28. The van der Waals surface area contributed by atoms with E-state index in [1.54, 1.807) is 12.4 Å². The van der Waals surface area contributed by atoms with Crippen molar-refractivity contribution in [2.24, 2.45) is 0 Å². The molecule has 0 spiro atoms. The van der Waals surface area contributed by atoms with E-state index in [1.807, 2.05) is 18.2 Å². The molecule has 0 atom stereocenters. The first kappa shape index (κ1) is 18.3. The molecule has 0 aliphatic heterocycles. The molecule has 1 rings (SSSR count). The van der Waals surface area contributed by atoms with Gasteiger partial charge in [-0.2, -0.15) is 0 Å². The third-order valence-electron chi connectivity index (χ3n) is 0.566. The molecule has 0 N–H and O–H groups in total. The minimum Gasteiger partial charge on any atom is -2.00 e. The maximum atomic E-state index is 8.52. The fraction of sp³-hybridized carbons (Fsp3) is 0. The molecule has 0 aliphatic rings. The first-order valence-electron chi connectivity index (χ1n) is 2.52. The van der Waals surface area contributed by atoms with E-state index in [9.17, 15) is 0 Å². The number of hydrogen-bond acceptors (Lipinski definition) is 5. The van der Waals surface area contributed by atoms with Gasteiger partial charge < -0.3 is 14.6 Å². The van der Waals surface area contributed by atoms with Crippen LogP contribution in [0, 0.1) is 0 Å². The zero-order valence-electron chi connectivity index (χ0n) is 6.19. The van der Waals surface area contributed by atoms with Gasteiger partial charge in [-0.05, 0) is 12.1 Å². The van der Waals surface area contributed by atoms with Crippen LogP contribution in [0.1, 0.15) is 0 Å². The summed E-state index contributed by atoms with van der Waals surface area (Å²) in [6.45, 7) is 0. The summed E-state index contributed by atoms with van der Waals surface area (Å²) >= 11 is 0. The summed E-state index contributed by atoms with van der Waals surface area (Å²) in [5.74, 6) is 0. The molecule has 0 unspecified atom stereocenters. The van der Waals surface area contributed by atoms with Crippen LogP contribution in [0.4, 0.5) is 0 Å². The van der Waals surface area contributed by atoms with Crippen molar-refractivity contribution in [3.05, 3.63) is 30.6 Å². The number of pyridine rings is 1. The molecular formula is C5H5CrNO5S. The Morgan fingerprint density at radius 3 is 1.38 bits per heavy atom. The molecule has 0 saturated carbocycles. The van der Waals surface area contributed by atoms with Crippen LogP contribution < -0.4 is 0 Å². The quantitative estimate of drug-likeness (QED) is 0.454. The van der Waals surface area contributed by atoms with Crippen LogP contribution in [0.5, 0.6) is 0 Å². The van der Waals surface area contributed by atoms with Crippen molar-refractivity contribution in [3.8, 4) is 0 Å². The fourth-order valence-electron chi connectivity index (χ4n) is 0.313. The fourth-order valence-corrected chi connectivity index (χ4v) is 0.313. The van der Waals surface area contributed by atoms with Crippen molar-refractivity contribution in [1.29, 1.82) is 0 Å². The van der Waals surface area contributed by atoms with Crippen molar-refractivity contribution in [2.75, 3.05) is 0 Å². The molecule has 1 aromatic heterocycles. The molecule has 0 bridgehead atoms. The molecule has 1 aromatic rings. The van der Waals surface area contributed by atoms with E-state index < -0.39 is 10.4 Å². The molecule has 8 heteroatoms. The van der Waals surface area contributed by atoms with E-state index in [4.69, 9.17) is 17.5 Å². The minimum atomic E-state index is -5.17. The average Bonchev–Trinajstić information content (AvgIpc) is 1.88. The normalized spacial score (nSPS) is 8.15. The van der Waals surface area contributed by atoms with Gasteiger partial charge in [-0.1, -0.05) is 6.07 Å². The van der Waals surface area contributed by atoms with Crippen molar-refractivity contribution in [1.82, 2.24) is 4.98 Å². The zero-order chi connectivity index (χ0) is 8.74. The number of hydrogen-bond donors (Lipinski definition) is 0. The second-order valence-electron chi connectivity index (χ2n) is 1.43. The van der Waals surface area contributed by atoms with Gasteiger partial charge in [-0.3, -0.25) is 13.4 Å². The first-order chi connectivity index (χ1) is 5.00. The monoisotopic (exact) mass is 243 g/mol. The van der Waals surface area contributed by atoms with Gasteiger partial charge in [0.15, 0.2) is 0 Å². The summed E-state index contributed by atoms with van der Waals surface area (Å²) in [5, 5.41) is 0. The standard InChI is InChI=1S/C5H5N.Cr.H2O4S.O/c1-2-4-6-5-3-1;;1-5(2,3)4;/h1-5H;;(H2,1,2,3,4);/q;+4;;-2/p-2. The van der Waals surface area contributed by atoms with E-state index >= 15 is 0 Å². The molecule has 1 heterocycles. The summed E-state index contributed by atoms with van der Waals surface area (Å²) < 4.78 is 34.1. The SMILES string of the molecule is O=S(=O)([O-])[O-].[Cr+4].[O-2].c1ccncc1. The second kappa shape index (κ2) is 9.60. The average molecular weight is 243 g/mol. The Labute approximate surface area is 86.6 Å². The van der Waals surface area contributed by atoms with Crippen molar-refractivity contribution in [3.63, 3.8) is 0 Å². The van der Waals surface area contributed by atoms with E-state index in [-0.39, 0.29) is 22.8 Å². The van der Waals surface area contributed by atoms with Crippen LogP contribution in [0.2, 0.25) is 0 Å². The van der Waals surface area contributed by atoms with Gasteiger partial charge in [0.05, 0.1) is 0 Å². The maximum Gasteiger partial charge on any atom is 4.00 e. The van der Waals surface area contributed by atoms with Crippen LogP contribution in [-0.2, 0) is 33.2 Å². The molecule has 0 radical (unpaired) electrons. The van der Waals surface area contributed by atoms with Gasteiger partial charge >= 0.3 is 17.4 Å². The third-order valence-corrected chi connectivity index (χ3v) is 0.566. The number of aromatic nitrogens is 1. The molecule has 0 aliphatic carbocycles. The Morgan fingerprint density at radius 1 is 1.00 bits per heavy atom. The second-order valence-corrected chi connectivity index (χ2v) is 2.25. The van der Waals surface area contributed by atoms with Crippen LogP contribution in [0.25, 0.3) is 0 Å². The first-order valence-corrected chi connectivity index (χ1v) is 3.85. The Morgan fingerprint density at radius 2 is 1.31 bits per heavy atom. The Kier molecular flexibility index (Phi) is 13.5. The molecule has 13 heavy (non-hydrogen) atoms. The van der Waals surface area contributed by atoms with Crippen LogP contribution in [0.15, 0.2) is 30.6 Å². The molecule has 0 saturated heterocycles. The molecule has 0 fully saturated rings. The Balaban J connectivity index is -0.000000136.